The number of alkyl carbamates (subject to hydrolysis) is 1. The predicted octanol–water partition coefficient (Wildman–Crippen LogP) is 9.49. The van der Waals surface area contributed by atoms with E-state index in [1.54, 1.807) is 25.1 Å². The molecule has 0 radical (unpaired) electrons. The molecule has 2 aromatic heterocycles. The minimum atomic E-state index is -0.357. The summed E-state index contributed by atoms with van der Waals surface area (Å²) in [5.41, 5.74) is 7.44. The van der Waals surface area contributed by atoms with Crippen LogP contribution in [0.25, 0.3) is 17.3 Å². The summed E-state index contributed by atoms with van der Waals surface area (Å²) in [4.78, 5) is 51.0. The van der Waals surface area contributed by atoms with Crippen LogP contribution in [-0.4, -0.2) is 97.3 Å². The lowest BCUT2D eigenvalue weighted by Gasteiger charge is -2.47. The number of anilines is 1. The Labute approximate surface area is 405 Å². The molecule has 0 unspecified atom stereocenters. The van der Waals surface area contributed by atoms with Crippen molar-refractivity contribution in [1.82, 2.24) is 20.2 Å². The average Bonchev–Trinajstić information content (AvgIpc) is 3.81. The third-order valence-corrected chi connectivity index (χ3v) is 14.8. The summed E-state index contributed by atoms with van der Waals surface area (Å²) >= 11 is 0. The molecular formula is C55H67FN6O7. The van der Waals surface area contributed by atoms with Crippen LogP contribution in [0.2, 0.25) is 0 Å². The molecule has 5 heterocycles. The number of ether oxygens (including phenoxy) is 4. The zero-order valence-electron chi connectivity index (χ0n) is 41.3. The average molecular weight is 943 g/mol. The number of pyridine rings is 2. The van der Waals surface area contributed by atoms with Gasteiger partial charge in [-0.15, -0.1) is 0 Å². The fraction of sp³-hybridized carbons (Fsp3) is 0.491. The topological polar surface area (TPSA) is 156 Å². The predicted molar refractivity (Wildman–Crippen MR) is 264 cm³/mol. The van der Waals surface area contributed by atoms with Gasteiger partial charge in [-0.25, -0.2) is 9.18 Å². The highest BCUT2D eigenvalue weighted by Crippen LogP contribution is 2.53. The summed E-state index contributed by atoms with van der Waals surface area (Å²) in [5.74, 6) is 1.48. The molecule has 3 aliphatic heterocycles. The van der Waals surface area contributed by atoms with Crippen molar-refractivity contribution in [2.45, 2.75) is 98.3 Å². The Kier molecular flexibility index (Phi) is 14.9. The van der Waals surface area contributed by atoms with Crippen molar-refractivity contribution in [3.8, 4) is 17.0 Å². The number of ketones is 1. The van der Waals surface area contributed by atoms with Crippen LogP contribution in [0.15, 0.2) is 67.0 Å². The maximum Gasteiger partial charge on any atom is 0.407 e. The number of allylic oxidation sites excluding steroid dienone is 1. The van der Waals surface area contributed by atoms with Gasteiger partial charge in [-0.3, -0.25) is 25.0 Å². The van der Waals surface area contributed by atoms with Gasteiger partial charge < -0.3 is 34.1 Å². The largest absolute Gasteiger partial charge is 0.494 e. The van der Waals surface area contributed by atoms with Gasteiger partial charge in [0.25, 0.3) is 0 Å². The highest BCUT2D eigenvalue weighted by molar-refractivity contribution is 6.06. The number of nitrogens with one attached hydrogen (secondary N) is 2. The third kappa shape index (κ3) is 10.6. The van der Waals surface area contributed by atoms with Gasteiger partial charge in [0.15, 0.2) is 5.78 Å². The van der Waals surface area contributed by atoms with Crippen LogP contribution >= 0.6 is 0 Å². The lowest BCUT2D eigenvalue weighted by atomic mass is 9.57. The lowest BCUT2D eigenvalue weighted by Crippen LogP contribution is -2.48. The van der Waals surface area contributed by atoms with Crippen molar-refractivity contribution in [3.05, 3.63) is 112 Å². The zero-order valence-corrected chi connectivity index (χ0v) is 41.3. The highest BCUT2D eigenvalue weighted by atomic mass is 19.1. The van der Waals surface area contributed by atoms with Crippen molar-refractivity contribution in [3.63, 3.8) is 0 Å². The number of hydrogen-bond donors (Lipinski definition) is 2. The first-order valence-corrected chi connectivity index (χ1v) is 24.5. The number of methoxy groups -OCH3 is 1. The number of fused-ring (bicyclic) bond motifs is 3. The quantitative estimate of drug-likeness (QED) is 0.115. The molecule has 5 aliphatic rings. The first-order valence-electron chi connectivity index (χ1n) is 24.5. The summed E-state index contributed by atoms with van der Waals surface area (Å²) in [7, 11) is 1.66. The number of nitrogens with zero attached hydrogens (tertiary/aromatic N) is 4. The second-order valence-corrected chi connectivity index (χ2v) is 20.2. The smallest absolute Gasteiger partial charge is 0.407 e. The number of esters is 1. The summed E-state index contributed by atoms with van der Waals surface area (Å²) < 4.78 is 37.0. The molecule has 2 aliphatic carbocycles. The van der Waals surface area contributed by atoms with Crippen LogP contribution in [0.4, 0.5) is 14.9 Å². The maximum atomic E-state index is 14.9. The van der Waals surface area contributed by atoms with Gasteiger partial charge in [0, 0.05) is 60.7 Å². The Morgan fingerprint density at radius 2 is 1.83 bits per heavy atom. The number of carbonyl (C=O) groups excluding carboxylic acids is 3. The number of benzene rings is 2. The summed E-state index contributed by atoms with van der Waals surface area (Å²) in [5, 5.41) is 11.6. The Bertz CT molecular complexity index is 2570. The van der Waals surface area contributed by atoms with Crippen molar-refractivity contribution in [1.29, 1.82) is 5.41 Å². The number of halogens is 1. The van der Waals surface area contributed by atoms with Crippen LogP contribution in [0.1, 0.15) is 104 Å². The molecule has 0 spiro atoms. The number of hydrogen-bond acceptors (Lipinski definition) is 11. The SMILES string of the molecule is CCOC(=O)N[C@@H]1CC[C@@H]2[C@@H](C1)C[C@H]1C(=O)O[C@H](C)[C@H]1[C@H]2/C=C/c1ccc(-c2ccccn2)cn1.COc1c(N2CCOCC2)cc(C(=O)CN2Cc3cc(C)c(C)c(F)c3C2=N)cc1C(C)(C)C. The fourth-order valence-corrected chi connectivity index (χ4v) is 11.2. The van der Waals surface area contributed by atoms with Gasteiger partial charge in [-0.1, -0.05) is 39.0 Å². The van der Waals surface area contributed by atoms with E-state index in [1.807, 2.05) is 75.5 Å². The Balaban J connectivity index is 0.000000186. The second-order valence-electron chi connectivity index (χ2n) is 20.2. The van der Waals surface area contributed by atoms with E-state index in [2.05, 4.69) is 53.1 Å². The van der Waals surface area contributed by atoms with E-state index in [9.17, 15) is 18.8 Å². The molecule has 2 aromatic carbocycles. The van der Waals surface area contributed by atoms with E-state index in [0.717, 1.165) is 83.9 Å². The highest BCUT2D eigenvalue weighted by Gasteiger charge is 2.54. The van der Waals surface area contributed by atoms with Crippen LogP contribution in [0.3, 0.4) is 0 Å². The monoisotopic (exact) mass is 943 g/mol. The number of cyclic esters (lactones) is 1. The van der Waals surface area contributed by atoms with Gasteiger partial charge in [-0.2, -0.15) is 0 Å². The normalized spacial score (nSPS) is 24.2. The molecule has 9 rings (SSSR count). The van der Waals surface area contributed by atoms with Gasteiger partial charge in [-0.05, 0) is 136 Å². The first-order chi connectivity index (χ1) is 33.1. The molecule has 2 saturated carbocycles. The fourth-order valence-electron chi connectivity index (χ4n) is 11.2. The van der Waals surface area contributed by atoms with Crippen molar-refractivity contribution in [2.24, 2.45) is 29.6 Å². The Morgan fingerprint density at radius 1 is 1.04 bits per heavy atom. The molecule has 366 valence electrons. The van der Waals surface area contributed by atoms with Crippen molar-refractivity contribution < 1.29 is 37.7 Å². The minimum Gasteiger partial charge on any atom is -0.494 e. The van der Waals surface area contributed by atoms with Gasteiger partial charge in [0.1, 0.15) is 23.5 Å². The number of rotatable bonds is 10. The molecule has 4 fully saturated rings. The molecule has 13 nitrogen and oxygen atoms in total. The number of Topliss-reactive ketones (excluding diaryl/α,β-unsaturated/α-hetero) is 1. The van der Waals surface area contributed by atoms with Gasteiger partial charge >= 0.3 is 12.1 Å². The van der Waals surface area contributed by atoms with E-state index >= 15 is 0 Å². The summed E-state index contributed by atoms with van der Waals surface area (Å²) in [6, 6.07) is 15.7. The van der Waals surface area contributed by atoms with Crippen LogP contribution < -0.4 is 15.0 Å². The number of amidine groups is 1. The van der Waals surface area contributed by atoms with E-state index in [-0.39, 0.29) is 71.4 Å². The number of amides is 1. The minimum absolute atomic E-state index is 0.0174. The van der Waals surface area contributed by atoms with E-state index in [1.165, 1.54) is 0 Å². The van der Waals surface area contributed by atoms with Crippen molar-refractivity contribution in [2.75, 3.05) is 51.5 Å². The van der Waals surface area contributed by atoms with Crippen LogP contribution in [-0.2, 0) is 31.0 Å². The summed E-state index contributed by atoms with van der Waals surface area (Å²) in [6.07, 6.45) is 11.2. The molecule has 2 saturated heterocycles. The van der Waals surface area contributed by atoms with E-state index < -0.39 is 0 Å². The molecule has 7 atom stereocenters. The van der Waals surface area contributed by atoms with Crippen LogP contribution in [0.5, 0.6) is 5.75 Å². The van der Waals surface area contributed by atoms with Gasteiger partial charge in [0.2, 0.25) is 0 Å². The number of morpholine rings is 1. The molecule has 0 bridgehead atoms. The third-order valence-electron chi connectivity index (χ3n) is 14.8. The molecule has 69 heavy (non-hydrogen) atoms. The number of aromatic nitrogens is 2. The maximum absolute atomic E-state index is 14.9. The molecular weight excluding hydrogens is 876 g/mol. The van der Waals surface area contributed by atoms with Crippen LogP contribution in [0, 0.1) is 54.7 Å². The lowest BCUT2D eigenvalue weighted by molar-refractivity contribution is -0.144. The number of aryl methyl sites for hydroxylation is 1. The Hall–Kier alpha value is -6.15. The van der Waals surface area contributed by atoms with Crippen molar-refractivity contribution >= 4 is 35.4 Å². The molecule has 1 amide bonds. The Morgan fingerprint density at radius 3 is 2.51 bits per heavy atom. The standard InChI is InChI=1S/C28H33N3O4.C27H34FN3O3/c1-3-34-28(33)31-21-10-11-22-19(14-21)15-24-26(17(2)35-27(24)32)23(22)12-9-20-8-7-18(16-30-20)25-6-4-5-13-29-25;1-16-11-19-14-31(26(29)23(19)24(28)17(16)2)15-22(32)18-12-20(27(3,4)5)25(33-6)21(13-18)30-7-9-34-10-8-30/h4-9,12-13,16-17,19,21-24,26H,3,10-11,14-15H2,1-2H3,(H,31,33);11-13,29H,7-10,14-15H2,1-6H3/b12-9+;/t17-,19+,21-,22-,23+,24-,26+;/m1./s1. The van der Waals surface area contributed by atoms with E-state index in [4.69, 9.17) is 24.4 Å². The van der Waals surface area contributed by atoms with E-state index in [0.29, 0.717) is 54.9 Å². The molecule has 14 heteroatoms. The first kappa shape index (κ1) is 49.3. The molecule has 4 aromatic rings. The molecule has 2 N–H and O–H groups in total. The zero-order chi connectivity index (χ0) is 49.1. The summed E-state index contributed by atoms with van der Waals surface area (Å²) in [6.45, 7) is 17.2. The number of carbonyl (C=O) groups is 3. The second kappa shape index (κ2) is 20.8. The van der Waals surface area contributed by atoms with Gasteiger partial charge in [0.05, 0.1) is 62.0 Å².